The second kappa shape index (κ2) is 35.5. The van der Waals surface area contributed by atoms with Crippen LogP contribution in [0.1, 0.15) is 49.9 Å². The second-order valence-corrected chi connectivity index (χ2v) is 66.2. The highest BCUT2D eigenvalue weighted by atomic mass is 28.3. The molecule has 0 fully saturated rings. The van der Waals surface area contributed by atoms with E-state index in [0.717, 1.165) is 113 Å². The minimum Gasteiger partial charge on any atom is -0.456 e. The highest BCUT2D eigenvalue weighted by Gasteiger charge is 2.40. The average molecular weight is 1980 g/mol. The van der Waals surface area contributed by atoms with Gasteiger partial charge in [0.15, 0.2) is 0 Å². The number of hydrogen-bond donors (Lipinski definition) is 0. The van der Waals surface area contributed by atoms with Crippen LogP contribution in [0.3, 0.4) is 0 Å². The van der Waals surface area contributed by atoms with Gasteiger partial charge in [-0.15, -0.1) is 0 Å². The Morgan fingerprint density at radius 1 is 0.169 bits per heavy atom. The molecule has 0 bridgehead atoms. The standard InChI is InChI=1S/C72H64N2OSi2.C66H56N2OSi2/c1-71(2)63-23-15-13-19-53(63)55-37-30-47(40-65(55)71)73(45-26-33-50(34-27-45)76(5,6)7)49-32-39-58-62-43-60-52-18-11-12-21-57(52)67(44-61(60)59-22-17-25-68(70(59)62)75-69(58)42-49)74(46-28-35-51(36-29-46)77(8,9)10)48-31-38-56-54-20-14-16-24-64(54)72(3,4)66(56)41-48;1-70(2,3)50-37-32-47(33-38-50)67(61-29-17-15-24-52(61)45-20-9-7-10-21-45)49-36-41-56-60-43-58-54-26-13-14-27-55(54)63(44-59(58)57-28-19-31-64(66(57)60)69-65(56)42-49)68(48-34-39-51(40-35-48)71(4,5)6)62-30-18-16-25-53(62)46-22-11-8-12-23-46/h11-44H,1-10H3;7-44H,1-6H3. The van der Waals surface area contributed by atoms with Crippen molar-refractivity contribution in [3.63, 3.8) is 0 Å². The van der Waals surface area contributed by atoms with E-state index >= 15 is 0 Å². The summed E-state index contributed by atoms with van der Waals surface area (Å²) in [5, 5.41) is 20.1. The fourth-order valence-corrected chi connectivity index (χ4v) is 28.7. The Morgan fingerprint density at radius 3 is 0.845 bits per heavy atom. The number of ether oxygens (including phenoxy) is 2. The summed E-state index contributed by atoms with van der Waals surface area (Å²) in [6.07, 6.45) is 0. The first kappa shape index (κ1) is 93.1. The quantitative estimate of drug-likeness (QED) is 0.0629. The van der Waals surface area contributed by atoms with Crippen LogP contribution in [0, 0.1) is 0 Å². The van der Waals surface area contributed by atoms with Crippen LogP contribution in [-0.2, 0) is 10.8 Å². The van der Waals surface area contributed by atoms with Gasteiger partial charge in [-0.05, 0) is 255 Å². The Labute approximate surface area is 874 Å². The van der Waals surface area contributed by atoms with Crippen LogP contribution in [0.4, 0.5) is 68.2 Å². The van der Waals surface area contributed by atoms with Gasteiger partial charge in [-0.25, -0.2) is 0 Å². The molecule has 0 spiro atoms. The molecule has 10 heteroatoms. The molecular weight excluding hydrogens is 1860 g/mol. The molecule has 2 heterocycles. The predicted octanol–water partition coefficient (Wildman–Crippen LogP) is 37.8. The summed E-state index contributed by atoms with van der Waals surface area (Å²) in [4.78, 5) is 9.82. The number of rotatable bonds is 18. The molecule has 4 aliphatic rings. The van der Waals surface area contributed by atoms with Gasteiger partial charge in [-0.3, -0.25) is 0 Å². The number of para-hydroxylation sites is 2. The third kappa shape index (κ3) is 15.8. The molecule has 0 saturated carbocycles. The maximum atomic E-state index is 7.18. The van der Waals surface area contributed by atoms with Crippen molar-refractivity contribution in [1.82, 2.24) is 0 Å². The zero-order valence-corrected chi connectivity index (χ0v) is 91.2. The van der Waals surface area contributed by atoms with E-state index in [-0.39, 0.29) is 10.8 Å². The van der Waals surface area contributed by atoms with Crippen LogP contribution >= 0.6 is 0 Å². The summed E-state index contributed by atoms with van der Waals surface area (Å²) >= 11 is 0. The van der Waals surface area contributed by atoms with E-state index in [4.69, 9.17) is 9.47 Å². The lowest BCUT2D eigenvalue weighted by atomic mass is 9.82. The molecule has 720 valence electrons. The fourth-order valence-electron chi connectivity index (χ4n) is 24.0. The maximum absolute atomic E-state index is 7.18. The van der Waals surface area contributed by atoms with Crippen molar-refractivity contribution >= 4 is 186 Å². The van der Waals surface area contributed by atoms with Gasteiger partial charge in [0.1, 0.15) is 23.0 Å². The molecule has 148 heavy (non-hydrogen) atoms. The van der Waals surface area contributed by atoms with Crippen molar-refractivity contribution in [1.29, 1.82) is 0 Å². The molecule has 2 aliphatic carbocycles. The van der Waals surface area contributed by atoms with Gasteiger partial charge in [-0.1, -0.05) is 406 Å². The molecular formula is C138H120N4O2Si4. The molecule has 6 nitrogen and oxygen atoms in total. The zero-order valence-electron chi connectivity index (χ0n) is 87.2. The molecule has 0 atom stereocenters. The summed E-state index contributed by atoms with van der Waals surface area (Å²) < 4.78 is 14.3. The zero-order chi connectivity index (χ0) is 101. The summed E-state index contributed by atoms with van der Waals surface area (Å²) in [5.74, 6) is 3.44. The summed E-state index contributed by atoms with van der Waals surface area (Å²) in [5.41, 5.74) is 33.2. The molecule has 0 radical (unpaired) electrons. The number of benzene rings is 22. The van der Waals surface area contributed by atoms with Crippen LogP contribution in [0.2, 0.25) is 78.6 Å². The molecule has 26 rings (SSSR count). The smallest absolute Gasteiger partial charge is 0.137 e. The lowest BCUT2D eigenvalue weighted by Crippen LogP contribution is -2.37. The lowest BCUT2D eigenvalue weighted by molar-refractivity contribution is 0.487. The van der Waals surface area contributed by atoms with Gasteiger partial charge in [0.2, 0.25) is 0 Å². The van der Waals surface area contributed by atoms with Crippen LogP contribution < -0.4 is 49.8 Å². The Morgan fingerprint density at radius 2 is 0.446 bits per heavy atom. The second-order valence-electron chi connectivity index (χ2n) is 45.9. The van der Waals surface area contributed by atoms with E-state index in [2.05, 4.69) is 563 Å². The van der Waals surface area contributed by atoms with E-state index in [0.29, 0.717) is 0 Å². The first-order valence-corrected chi connectivity index (χ1v) is 66.3. The average Bonchev–Trinajstić information content (AvgIpc) is 0.927. The van der Waals surface area contributed by atoms with E-state index in [1.807, 2.05) is 0 Å². The Bertz CT molecular complexity index is 9130. The number of nitrogens with zero attached hydrogens (tertiary/aromatic N) is 4. The largest absolute Gasteiger partial charge is 0.456 e. The summed E-state index contributed by atoms with van der Waals surface area (Å²) in [6, 6.07) is 163. The molecule has 0 unspecified atom stereocenters. The minimum atomic E-state index is -1.56. The van der Waals surface area contributed by atoms with Crippen molar-refractivity contribution in [3.05, 3.63) is 459 Å². The highest BCUT2D eigenvalue weighted by molar-refractivity contribution is 6.90. The number of fused-ring (bicyclic) bond motifs is 18. The van der Waals surface area contributed by atoms with Gasteiger partial charge in [-0.2, -0.15) is 0 Å². The number of hydrogen-bond acceptors (Lipinski definition) is 6. The fraction of sp³-hybridized carbons (Fsp3) is 0.130. The first-order chi connectivity index (χ1) is 71.4. The van der Waals surface area contributed by atoms with Gasteiger partial charge in [0, 0.05) is 112 Å². The monoisotopic (exact) mass is 1980 g/mol. The lowest BCUT2D eigenvalue weighted by Gasteiger charge is -2.31. The van der Waals surface area contributed by atoms with E-state index in [1.54, 1.807) is 0 Å². The minimum absolute atomic E-state index is 0.131. The number of anilines is 12. The molecule has 0 N–H and O–H groups in total. The predicted molar refractivity (Wildman–Crippen MR) is 646 cm³/mol. The van der Waals surface area contributed by atoms with Crippen LogP contribution in [0.15, 0.2) is 437 Å². The Hall–Kier alpha value is -15.9. The van der Waals surface area contributed by atoms with Crippen LogP contribution in [0.25, 0.3) is 131 Å². The Kier molecular flexibility index (Phi) is 22.3. The molecule has 0 aromatic heterocycles. The highest BCUT2D eigenvalue weighted by Crippen LogP contribution is 2.60. The van der Waals surface area contributed by atoms with E-state index < -0.39 is 32.3 Å². The molecule has 0 saturated heterocycles. The van der Waals surface area contributed by atoms with Gasteiger partial charge >= 0.3 is 0 Å². The molecule has 22 aromatic carbocycles. The SMILES string of the molecule is CC1(C)c2ccccc2-c2ccc(N(c3ccc([Si](C)(C)C)cc3)c3ccc4c(c3)Oc3cccc5c3c-4cc3c4ccccc4c(N(c4ccc([Si](C)(C)C)cc4)c4ccc6c(c4)C(C)(C)c4ccccc4-6)cc53)cc21.C[Si](C)(C)c1ccc(N(c2ccc3c(c2)Oc2cccc4c2c-3cc2c3ccccc3c(N(c3ccc([Si](C)(C)C)cc3)c3ccccc3-c3ccccc3)cc42)c2ccccc2-c2ccccc2)cc1. The van der Waals surface area contributed by atoms with Crippen LogP contribution in [0.5, 0.6) is 23.0 Å². The third-order valence-corrected chi connectivity index (χ3v) is 40.2. The van der Waals surface area contributed by atoms with Crippen molar-refractivity contribution in [2.24, 2.45) is 0 Å². The summed E-state index contributed by atoms with van der Waals surface area (Å²) in [7, 11) is -6.18. The van der Waals surface area contributed by atoms with Gasteiger partial charge < -0.3 is 29.1 Å². The van der Waals surface area contributed by atoms with Crippen molar-refractivity contribution < 1.29 is 9.47 Å². The van der Waals surface area contributed by atoms with Crippen molar-refractivity contribution in [2.45, 2.75) is 117 Å². The first-order valence-electron chi connectivity index (χ1n) is 52.3. The normalized spacial score (nSPS) is 13.4. The van der Waals surface area contributed by atoms with Crippen LogP contribution in [-0.4, -0.2) is 32.3 Å². The van der Waals surface area contributed by atoms with E-state index in [1.165, 1.54) is 152 Å². The maximum Gasteiger partial charge on any atom is 0.137 e. The van der Waals surface area contributed by atoms with Gasteiger partial charge in [0.05, 0.1) is 55.0 Å². The van der Waals surface area contributed by atoms with Crippen molar-refractivity contribution in [3.8, 4) is 89.8 Å². The van der Waals surface area contributed by atoms with Crippen molar-refractivity contribution in [2.75, 3.05) is 19.6 Å². The third-order valence-electron chi connectivity index (χ3n) is 31.9. The Balaban J connectivity index is 0.000000154. The summed E-state index contributed by atoms with van der Waals surface area (Å²) in [6.45, 7) is 38.5. The molecule has 0 amide bonds. The molecule has 2 aliphatic heterocycles. The van der Waals surface area contributed by atoms with E-state index in [9.17, 15) is 0 Å². The van der Waals surface area contributed by atoms with Gasteiger partial charge in [0.25, 0.3) is 0 Å². The molecule has 22 aromatic rings. The topological polar surface area (TPSA) is 31.4 Å².